The monoisotopic (exact) mass is 600 g/mol. The molecule has 41 heavy (non-hydrogen) atoms. The summed E-state index contributed by atoms with van der Waals surface area (Å²) in [6.45, 7) is 4.12. The molecule has 1 aliphatic rings. The first-order chi connectivity index (χ1) is 18.8. The maximum absolute atomic E-state index is 13.4. The zero-order valence-corrected chi connectivity index (χ0v) is 21.8. The summed E-state index contributed by atoms with van der Waals surface area (Å²) in [4.78, 5) is 26.3. The Morgan fingerprint density at radius 3 is 1.98 bits per heavy atom. The van der Waals surface area contributed by atoms with E-state index in [1.165, 1.54) is 0 Å². The van der Waals surface area contributed by atoms with Gasteiger partial charge in [-0.25, -0.2) is 9.59 Å². The van der Waals surface area contributed by atoms with E-state index >= 15 is 0 Å². The minimum Gasteiger partial charge on any atom is -0.449 e. The number of amides is 2. The van der Waals surface area contributed by atoms with Crippen LogP contribution in [-0.2, 0) is 34.4 Å². The zero-order valence-electron chi connectivity index (χ0n) is 21.8. The summed E-state index contributed by atoms with van der Waals surface area (Å²) in [6, 6.07) is 1.84. The molecule has 1 heterocycles. The average molecular weight is 600 g/mol. The number of alkyl halides is 9. The van der Waals surface area contributed by atoms with Crippen molar-refractivity contribution in [3.63, 3.8) is 0 Å². The molecular weight excluding hydrogens is 575 g/mol. The van der Waals surface area contributed by atoms with Crippen LogP contribution < -0.4 is 10.2 Å². The van der Waals surface area contributed by atoms with E-state index in [1.807, 2.05) is 0 Å². The van der Waals surface area contributed by atoms with Crippen molar-refractivity contribution >= 4 is 17.9 Å². The van der Waals surface area contributed by atoms with Gasteiger partial charge in [0.05, 0.1) is 41.1 Å². The highest BCUT2D eigenvalue weighted by Crippen LogP contribution is 2.41. The van der Waals surface area contributed by atoms with Crippen molar-refractivity contribution in [3.05, 3.63) is 64.2 Å². The van der Waals surface area contributed by atoms with Crippen molar-refractivity contribution in [2.45, 2.75) is 70.3 Å². The minimum atomic E-state index is -5.05. The number of carbonyl (C=O) groups is 2. The lowest BCUT2D eigenvalue weighted by atomic mass is 9.90. The lowest BCUT2D eigenvalue weighted by Gasteiger charge is -2.39. The van der Waals surface area contributed by atoms with Crippen LogP contribution in [0.5, 0.6) is 0 Å². The topological polar surface area (TPSA) is 67.9 Å². The van der Waals surface area contributed by atoms with E-state index in [1.54, 1.807) is 20.8 Å². The highest BCUT2D eigenvalue weighted by molar-refractivity contribution is 5.90. The highest BCUT2D eigenvalue weighted by Gasteiger charge is 2.39. The Labute approximate surface area is 228 Å². The van der Waals surface area contributed by atoms with Gasteiger partial charge < -0.3 is 14.8 Å². The first-order valence-electron chi connectivity index (χ1n) is 12.2. The quantitative estimate of drug-likeness (QED) is 0.355. The average Bonchev–Trinajstić information content (AvgIpc) is 2.81. The van der Waals surface area contributed by atoms with E-state index in [2.05, 4.69) is 5.32 Å². The third kappa shape index (κ3) is 7.97. The molecule has 1 aliphatic heterocycles. The number of hydrogen-bond donors (Lipinski definition) is 1. The second-order valence-electron chi connectivity index (χ2n) is 9.66. The van der Waals surface area contributed by atoms with Crippen LogP contribution in [0.15, 0.2) is 36.4 Å². The molecule has 0 bridgehead atoms. The van der Waals surface area contributed by atoms with Crippen molar-refractivity contribution in [2.24, 2.45) is 0 Å². The van der Waals surface area contributed by atoms with Crippen molar-refractivity contribution in [1.82, 2.24) is 5.32 Å². The fourth-order valence-electron chi connectivity index (χ4n) is 4.32. The zero-order chi connectivity index (χ0) is 30.9. The van der Waals surface area contributed by atoms with Crippen LogP contribution in [0.4, 0.5) is 54.8 Å². The maximum Gasteiger partial charge on any atom is 0.416 e. The Hall–Kier alpha value is -3.65. The molecule has 0 saturated heterocycles. The standard InChI is InChI=1S/C26H25F9N2O4/c1-13(2)41-23(39)37-14(3)8-20(19-12-16(24(27,28)29)4-5-21(19)37)36-22(38)40-7-6-15-9-17(25(30,31)32)11-18(10-15)26(33,34)35/h4-5,9-14,20H,6-8H2,1-3H3,(H,36,38). The fourth-order valence-corrected chi connectivity index (χ4v) is 4.32. The van der Waals surface area contributed by atoms with Gasteiger partial charge in [-0.15, -0.1) is 0 Å². The van der Waals surface area contributed by atoms with Crippen LogP contribution in [0.3, 0.4) is 0 Å². The third-order valence-electron chi connectivity index (χ3n) is 6.10. The first-order valence-corrected chi connectivity index (χ1v) is 12.2. The second-order valence-corrected chi connectivity index (χ2v) is 9.66. The lowest BCUT2D eigenvalue weighted by Crippen LogP contribution is -2.47. The Balaban J connectivity index is 1.79. The first kappa shape index (κ1) is 31.9. The summed E-state index contributed by atoms with van der Waals surface area (Å²) in [5, 5.41) is 2.37. The predicted octanol–water partition coefficient (Wildman–Crippen LogP) is 7.90. The summed E-state index contributed by atoms with van der Waals surface area (Å²) >= 11 is 0. The largest absolute Gasteiger partial charge is 0.449 e. The summed E-state index contributed by atoms with van der Waals surface area (Å²) in [5.41, 5.74) is -4.51. The number of alkyl carbamates (subject to hydrolysis) is 1. The van der Waals surface area contributed by atoms with Gasteiger partial charge in [-0.05, 0) is 74.7 Å². The van der Waals surface area contributed by atoms with Gasteiger partial charge in [0.1, 0.15) is 0 Å². The molecule has 2 aromatic rings. The molecule has 2 aromatic carbocycles. The summed E-state index contributed by atoms with van der Waals surface area (Å²) < 4.78 is 129. The van der Waals surface area contributed by atoms with Gasteiger partial charge in [-0.2, -0.15) is 39.5 Å². The van der Waals surface area contributed by atoms with E-state index in [0.29, 0.717) is 12.1 Å². The molecule has 0 aliphatic carbocycles. The number of nitrogens with one attached hydrogen (secondary N) is 1. The normalized spacial score (nSPS) is 17.7. The van der Waals surface area contributed by atoms with E-state index in [0.717, 1.165) is 23.1 Å². The minimum absolute atomic E-state index is 0.0335. The number of anilines is 1. The van der Waals surface area contributed by atoms with Crippen molar-refractivity contribution < 1.29 is 58.6 Å². The third-order valence-corrected chi connectivity index (χ3v) is 6.10. The van der Waals surface area contributed by atoms with Gasteiger partial charge in [0.15, 0.2) is 0 Å². The van der Waals surface area contributed by atoms with E-state index < -0.39 is 84.2 Å². The Bertz CT molecular complexity index is 1240. The van der Waals surface area contributed by atoms with Crippen LogP contribution in [-0.4, -0.2) is 30.9 Å². The number of carbonyl (C=O) groups excluding carboxylic acids is 2. The number of halogens is 9. The van der Waals surface area contributed by atoms with Crippen molar-refractivity contribution in [2.75, 3.05) is 11.5 Å². The van der Waals surface area contributed by atoms with Crippen LogP contribution >= 0.6 is 0 Å². The second kappa shape index (κ2) is 11.7. The van der Waals surface area contributed by atoms with Crippen LogP contribution in [0.25, 0.3) is 0 Å². The molecule has 0 radical (unpaired) electrons. The summed E-state index contributed by atoms with van der Waals surface area (Å²) in [5.74, 6) is 0. The van der Waals surface area contributed by atoms with Gasteiger partial charge in [-0.1, -0.05) is 0 Å². The molecule has 3 rings (SSSR count). The Kier molecular flexibility index (Phi) is 9.08. The van der Waals surface area contributed by atoms with E-state index in [9.17, 15) is 49.1 Å². The molecule has 0 spiro atoms. The van der Waals surface area contributed by atoms with Crippen LogP contribution in [0.2, 0.25) is 0 Å². The maximum atomic E-state index is 13.4. The van der Waals surface area contributed by atoms with E-state index in [-0.39, 0.29) is 23.7 Å². The molecular formula is C26H25F9N2O4. The number of nitrogens with zero attached hydrogens (tertiary/aromatic N) is 1. The summed E-state index contributed by atoms with van der Waals surface area (Å²) in [6.07, 6.45) is -17.9. The lowest BCUT2D eigenvalue weighted by molar-refractivity contribution is -0.143. The van der Waals surface area contributed by atoms with Gasteiger partial charge in [-0.3, -0.25) is 4.90 Å². The van der Waals surface area contributed by atoms with Crippen molar-refractivity contribution in [3.8, 4) is 0 Å². The number of fused-ring (bicyclic) bond motifs is 1. The molecule has 0 fully saturated rings. The number of hydrogen-bond acceptors (Lipinski definition) is 4. The molecule has 0 aromatic heterocycles. The number of benzene rings is 2. The molecule has 15 heteroatoms. The number of ether oxygens (including phenoxy) is 2. The van der Waals surface area contributed by atoms with Gasteiger partial charge >= 0.3 is 30.7 Å². The number of rotatable bonds is 5. The Morgan fingerprint density at radius 2 is 1.46 bits per heavy atom. The van der Waals surface area contributed by atoms with E-state index in [4.69, 9.17) is 9.47 Å². The van der Waals surface area contributed by atoms with Gasteiger partial charge in [0.2, 0.25) is 0 Å². The predicted molar refractivity (Wildman–Crippen MR) is 127 cm³/mol. The van der Waals surface area contributed by atoms with Crippen LogP contribution in [0.1, 0.15) is 61.1 Å². The molecule has 226 valence electrons. The highest BCUT2D eigenvalue weighted by atomic mass is 19.4. The van der Waals surface area contributed by atoms with Crippen LogP contribution in [0, 0.1) is 0 Å². The van der Waals surface area contributed by atoms with Gasteiger partial charge in [0.25, 0.3) is 0 Å². The fraction of sp³-hybridized carbons (Fsp3) is 0.462. The van der Waals surface area contributed by atoms with Crippen molar-refractivity contribution in [1.29, 1.82) is 0 Å². The molecule has 2 atom stereocenters. The molecule has 6 nitrogen and oxygen atoms in total. The molecule has 2 unspecified atom stereocenters. The molecule has 0 saturated carbocycles. The van der Waals surface area contributed by atoms with Gasteiger partial charge in [0, 0.05) is 12.5 Å². The molecule has 1 N–H and O–H groups in total. The Morgan fingerprint density at radius 1 is 0.902 bits per heavy atom. The molecule has 2 amide bonds. The SMILES string of the molecule is CC(C)OC(=O)N1c2ccc(C(F)(F)F)cc2C(NC(=O)OCCc2cc(C(F)(F)F)cc(C(F)(F)F)c2)CC1C. The smallest absolute Gasteiger partial charge is 0.416 e. The summed E-state index contributed by atoms with van der Waals surface area (Å²) in [7, 11) is 0.